The maximum atomic E-state index is 12.5. The van der Waals surface area contributed by atoms with Gasteiger partial charge in [-0.2, -0.15) is 0 Å². The van der Waals surface area contributed by atoms with Gasteiger partial charge < -0.3 is 8.83 Å². The lowest BCUT2D eigenvalue weighted by Gasteiger charge is -2.07. The Kier molecular flexibility index (Phi) is 3.21. The van der Waals surface area contributed by atoms with Crippen molar-refractivity contribution in [1.82, 2.24) is 9.97 Å². The average molecular weight is 356 g/mol. The van der Waals surface area contributed by atoms with E-state index in [0.717, 1.165) is 5.39 Å². The van der Waals surface area contributed by atoms with Crippen LogP contribution in [0.1, 0.15) is 5.69 Å². The number of aromatic nitrogens is 2. The monoisotopic (exact) mass is 356 g/mol. The van der Waals surface area contributed by atoms with Gasteiger partial charge in [-0.3, -0.25) is 0 Å². The van der Waals surface area contributed by atoms with E-state index in [1.165, 1.54) is 0 Å². The molecule has 5 rings (SSSR count). The van der Waals surface area contributed by atoms with E-state index in [4.69, 9.17) is 8.83 Å². The van der Waals surface area contributed by atoms with Crippen LogP contribution in [0, 0.1) is 6.92 Å². The quantitative estimate of drug-likeness (QED) is 0.335. The minimum Gasteiger partial charge on any atom is -0.422 e. The fourth-order valence-electron chi connectivity index (χ4n) is 3.25. The van der Waals surface area contributed by atoms with Gasteiger partial charge in [0.1, 0.15) is 22.1 Å². The Bertz CT molecular complexity index is 1480. The van der Waals surface area contributed by atoms with E-state index in [-0.39, 0.29) is 11.4 Å². The summed E-state index contributed by atoms with van der Waals surface area (Å²) in [4.78, 5) is 33.8. The number of aryl methyl sites for hydroxylation is 1. The third-order valence-corrected chi connectivity index (χ3v) is 4.52. The molecule has 6 nitrogen and oxygen atoms in total. The van der Waals surface area contributed by atoms with Crippen molar-refractivity contribution in [2.24, 2.45) is 0 Å². The van der Waals surface area contributed by atoms with E-state index >= 15 is 0 Å². The number of benzene rings is 2. The number of nitrogens with zero attached hydrogens (tertiary/aromatic N) is 2. The summed E-state index contributed by atoms with van der Waals surface area (Å²) in [5, 5.41) is 1.76. The van der Waals surface area contributed by atoms with Gasteiger partial charge in [-0.1, -0.05) is 30.3 Å². The first-order valence-corrected chi connectivity index (χ1v) is 8.35. The minimum atomic E-state index is -0.528. The molecule has 0 aliphatic heterocycles. The summed E-state index contributed by atoms with van der Waals surface area (Å²) in [5.41, 5.74) is 1.05. The molecule has 0 aliphatic rings. The highest BCUT2D eigenvalue weighted by Crippen LogP contribution is 2.25. The molecule has 0 N–H and O–H groups in total. The summed E-state index contributed by atoms with van der Waals surface area (Å²) in [7, 11) is 0. The zero-order valence-electron chi connectivity index (χ0n) is 14.2. The largest absolute Gasteiger partial charge is 0.422 e. The highest BCUT2D eigenvalue weighted by atomic mass is 16.4. The molecule has 0 amide bonds. The summed E-state index contributed by atoms with van der Waals surface area (Å²) < 4.78 is 10.8. The third-order valence-electron chi connectivity index (χ3n) is 4.52. The van der Waals surface area contributed by atoms with Gasteiger partial charge in [-0.05, 0) is 31.2 Å². The first kappa shape index (κ1) is 15.5. The standard InChI is InChI=1S/C21H12N2O4/c1-11-17-18(13-7-3-5-9-16(13)27-21(17)25)23-19(22-11)14-10-12-6-2-4-8-15(12)26-20(14)24/h2-10H,1H3. The fraction of sp³-hybridized carbons (Fsp3) is 0.0476. The topological polar surface area (TPSA) is 86.2 Å². The van der Waals surface area contributed by atoms with Crippen LogP contribution in [0.4, 0.5) is 0 Å². The Balaban J connectivity index is 1.90. The zero-order valence-corrected chi connectivity index (χ0v) is 14.2. The third kappa shape index (κ3) is 2.34. The van der Waals surface area contributed by atoms with Crippen LogP contribution < -0.4 is 11.3 Å². The highest BCUT2D eigenvalue weighted by molar-refractivity contribution is 6.02. The summed E-state index contributed by atoms with van der Waals surface area (Å²) in [6.07, 6.45) is 0. The van der Waals surface area contributed by atoms with Crippen LogP contribution in [-0.4, -0.2) is 9.97 Å². The van der Waals surface area contributed by atoms with Crippen molar-refractivity contribution in [3.05, 3.63) is 81.1 Å². The highest BCUT2D eigenvalue weighted by Gasteiger charge is 2.17. The van der Waals surface area contributed by atoms with Gasteiger partial charge in [0.25, 0.3) is 0 Å². The molecular formula is C21H12N2O4. The molecule has 6 heteroatoms. The van der Waals surface area contributed by atoms with Crippen molar-refractivity contribution in [3.8, 4) is 11.4 Å². The predicted octanol–water partition coefficient (Wildman–Crippen LogP) is 3.82. The molecule has 0 aliphatic carbocycles. The molecular weight excluding hydrogens is 344 g/mol. The van der Waals surface area contributed by atoms with Crippen LogP contribution in [0.25, 0.3) is 44.2 Å². The molecule has 27 heavy (non-hydrogen) atoms. The molecule has 0 unspecified atom stereocenters. The van der Waals surface area contributed by atoms with Crippen LogP contribution in [0.3, 0.4) is 0 Å². The van der Waals surface area contributed by atoms with Gasteiger partial charge in [-0.15, -0.1) is 0 Å². The maximum Gasteiger partial charge on any atom is 0.347 e. The van der Waals surface area contributed by atoms with E-state index in [1.54, 1.807) is 37.3 Å². The van der Waals surface area contributed by atoms with Gasteiger partial charge in [-0.25, -0.2) is 19.6 Å². The molecule has 130 valence electrons. The van der Waals surface area contributed by atoms with Crippen molar-refractivity contribution >= 4 is 32.8 Å². The SMILES string of the molecule is Cc1nc(-c2cc3ccccc3oc2=O)nc2c1c(=O)oc1ccccc12. The summed E-state index contributed by atoms with van der Waals surface area (Å²) >= 11 is 0. The second kappa shape index (κ2) is 5.60. The first-order valence-electron chi connectivity index (χ1n) is 8.35. The molecule has 3 aromatic heterocycles. The first-order chi connectivity index (χ1) is 13.1. The summed E-state index contributed by atoms with van der Waals surface area (Å²) in [5.74, 6) is 0.218. The second-order valence-corrected chi connectivity index (χ2v) is 6.23. The number of rotatable bonds is 1. The zero-order chi connectivity index (χ0) is 18.5. The van der Waals surface area contributed by atoms with Crippen LogP contribution in [0.15, 0.2) is 73.0 Å². The Labute approximate surface area is 151 Å². The Hall–Kier alpha value is -3.80. The Morgan fingerprint density at radius 2 is 1.52 bits per heavy atom. The average Bonchev–Trinajstić information content (AvgIpc) is 2.67. The molecule has 3 heterocycles. The lowest BCUT2D eigenvalue weighted by atomic mass is 10.1. The molecule has 0 spiro atoms. The maximum absolute atomic E-state index is 12.5. The van der Waals surface area contributed by atoms with Gasteiger partial charge in [0.15, 0.2) is 5.82 Å². The van der Waals surface area contributed by atoms with E-state index in [0.29, 0.717) is 33.1 Å². The lowest BCUT2D eigenvalue weighted by Crippen LogP contribution is -2.10. The van der Waals surface area contributed by atoms with Gasteiger partial charge in [0, 0.05) is 10.8 Å². The van der Waals surface area contributed by atoms with E-state index in [2.05, 4.69) is 9.97 Å². The van der Waals surface area contributed by atoms with Crippen molar-refractivity contribution in [1.29, 1.82) is 0 Å². The molecule has 0 bridgehead atoms. The van der Waals surface area contributed by atoms with Crippen LogP contribution in [0.2, 0.25) is 0 Å². The number of hydrogen-bond donors (Lipinski definition) is 0. The molecule has 2 aromatic carbocycles. The molecule has 0 saturated carbocycles. The van der Waals surface area contributed by atoms with Crippen LogP contribution in [-0.2, 0) is 0 Å². The number of para-hydroxylation sites is 2. The van der Waals surface area contributed by atoms with Gasteiger partial charge >= 0.3 is 11.3 Å². The van der Waals surface area contributed by atoms with Crippen molar-refractivity contribution < 1.29 is 8.83 Å². The predicted molar refractivity (Wildman–Crippen MR) is 102 cm³/mol. The van der Waals surface area contributed by atoms with Gasteiger partial charge in [0.2, 0.25) is 0 Å². The molecule has 0 saturated heterocycles. The van der Waals surface area contributed by atoms with Crippen molar-refractivity contribution in [3.63, 3.8) is 0 Å². The molecule has 0 radical (unpaired) electrons. The van der Waals surface area contributed by atoms with Crippen LogP contribution >= 0.6 is 0 Å². The number of fused-ring (bicyclic) bond motifs is 4. The smallest absolute Gasteiger partial charge is 0.347 e. The van der Waals surface area contributed by atoms with E-state index in [9.17, 15) is 9.59 Å². The molecule has 5 aromatic rings. The Morgan fingerprint density at radius 1 is 0.815 bits per heavy atom. The minimum absolute atomic E-state index is 0.218. The second-order valence-electron chi connectivity index (χ2n) is 6.23. The van der Waals surface area contributed by atoms with Gasteiger partial charge in [0.05, 0.1) is 11.2 Å². The molecule has 0 fully saturated rings. The van der Waals surface area contributed by atoms with Crippen molar-refractivity contribution in [2.75, 3.05) is 0 Å². The fourth-order valence-corrected chi connectivity index (χ4v) is 3.25. The van der Waals surface area contributed by atoms with E-state index < -0.39 is 11.3 Å². The van der Waals surface area contributed by atoms with Crippen LogP contribution in [0.5, 0.6) is 0 Å². The normalized spacial score (nSPS) is 11.4. The Morgan fingerprint density at radius 3 is 2.37 bits per heavy atom. The molecule has 0 atom stereocenters. The summed E-state index contributed by atoms with van der Waals surface area (Å²) in [6, 6.07) is 16.1. The van der Waals surface area contributed by atoms with Crippen molar-refractivity contribution in [2.45, 2.75) is 6.92 Å². The summed E-state index contributed by atoms with van der Waals surface area (Å²) in [6.45, 7) is 1.70. The lowest BCUT2D eigenvalue weighted by molar-refractivity contribution is 0.562. The van der Waals surface area contributed by atoms with E-state index in [1.807, 2.05) is 24.3 Å². The number of hydrogen-bond acceptors (Lipinski definition) is 6.